The van der Waals surface area contributed by atoms with Crippen molar-refractivity contribution in [1.82, 2.24) is 4.98 Å². The van der Waals surface area contributed by atoms with Gasteiger partial charge in [-0.15, -0.1) is 0 Å². The molecule has 0 N–H and O–H groups in total. The lowest BCUT2D eigenvalue weighted by Gasteiger charge is -1.96. The van der Waals surface area contributed by atoms with Gasteiger partial charge in [0, 0.05) is 6.20 Å². The van der Waals surface area contributed by atoms with Crippen LogP contribution in [0, 0.1) is 0 Å². The lowest BCUT2D eigenvalue weighted by molar-refractivity contribution is 0.0600. The van der Waals surface area contributed by atoms with E-state index in [0.717, 1.165) is 0 Å². The van der Waals surface area contributed by atoms with Crippen molar-refractivity contribution in [2.24, 2.45) is 0 Å². The van der Waals surface area contributed by atoms with Crippen LogP contribution in [-0.4, -0.2) is 18.1 Å². The monoisotopic (exact) mass is 201 g/mol. The van der Waals surface area contributed by atoms with Crippen LogP contribution in [0.3, 0.4) is 0 Å². The molecular formula is C9H12ClNO2. The predicted octanol–water partition coefficient (Wildman–Crippen LogP) is 2.55. The number of pyridine rings is 1. The first-order chi connectivity index (χ1) is 6.24. The molecule has 1 aromatic heterocycles. The first kappa shape index (κ1) is 11.9. The van der Waals surface area contributed by atoms with Crippen molar-refractivity contribution >= 4 is 17.6 Å². The minimum absolute atomic E-state index is 0.285. The molecule has 1 rings (SSSR count). The van der Waals surface area contributed by atoms with Crippen molar-refractivity contribution in [1.29, 1.82) is 0 Å². The van der Waals surface area contributed by atoms with Crippen LogP contribution in [0.2, 0.25) is 5.15 Å². The van der Waals surface area contributed by atoms with Gasteiger partial charge in [0.1, 0.15) is 5.15 Å². The molecule has 4 heteroatoms. The quantitative estimate of drug-likeness (QED) is 0.518. The van der Waals surface area contributed by atoms with Crippen LogP contribution in [0.5, 0.6) is 0 Å². The predicted molar refractivity (Wildman–Crippen MR) is 51.9 cm³/mol. The summed E-state index contributed by atoms with van der Waals surface area (Å²) in [7, 11) is 1.32. The van der Waals surface area contributed by atoms with Crippen molar-refractivity contribution in [3.8, 4) is 0 Å². The van der Waals surface area contributed by atoms with Crippen molar-refractivity contribution in [3.05, 3.63) is 29.0 Å². The van der Waals surface area contributed by atoms with Crippen molar-refractivity contribution in [2.75, 3.05) is 7.11 Å². The van der Waals surface area contributed by atoms with Gasteiger partial charge in [-0.05, 0) is 12.1 Å². The van der Waals surface area contributed by atoms with Gasteiger partial charge in [0.25, 0.3) is 0 Å². The van der Waals surface area contributed by atoms with E-state index in [4.69, 9.17) is 11.6 Å². The summed E-state index contributed by atoms with van der Waals surface area (Å²) in [5, 5.41) is 0.285. The molecule has 0 aliphatic heterocycles. The van der Waals surface area contributed by atoms with Crippen LogP contribution >= 0.6 is 11.6 Å². The van der Waals surface area contributed by atoms with Gasteiger partial charge >= 0.3 is 5.97 Å². The third kappa shape index (κ3) is 3.90. The fraction of sp³-hybridized carbons (Fsp3) is 0.333. The molecule has 1 heterocycles. The number of esters is 1. The summed E-state index contributed by atoms with van der Waals surface area (Å²) < 4.78 is 4.47. The van der Waals surface area contributed by atoms with Crippen molar-refractivity contribution in [3.63, 3.8) is 0 Å². The van der Waals surface area contributed by atoms with Gasteiger partial charge in [-0.2, -0.15) is 0 Å². The smallest absolute Gasteiger partial charge is 0.338 e. The number of halogens is 1. The van der Waals surface area contributed by atoms with E-state index in [1.54, 1.807) is 0 Å². The first-order valence-electron chi connectivity index (χ1n) is 3.94. The molecule has 13 heavy (non-hydrogen) atoms. The number of methoxy groups -OCH3 is 1. The van der Waals surface area contributed by atoms with Gasteiger partial charge in [-0.25, -0.2) is 9.78 Å². The highest BCUT2D eigenvalue weighted by atomic mass is 35.5. The number of carbonyl (C=O) groups excluding carboxylic acids is 1. The average molecular weight is 202 g/mol. The van der Waals surface area contributed by atoms with Crippen LogP contribution in [0.25, 0.3) is 0 Å². The van der Waals surface area contributed by atoms with E-state index in [0.29, 0.717) is 5.56 Å². The minimum Gasteiger partial charge on any atom is -0.465 e. The van der Waals surface area contributed by atoms with Gasteiger partial charge in [-0.3, -0.25) is 0 Å². The van der Waals surface area contributed by atoms with E-state index >= 15 is 0 Å². The fourth-order valence-corrected chi connectivity index (χ4v) is 0.821. The molecule has 0 radical (unpaired) electrons. The molecule has 0 saturated heterocycles. The number of ether oxygens (including phenoxy) is 1. The summed E-state index contributed by atoms with van der Waals surface area (Å²) in [6.45, 7) is 4.00. The first-order valence-corrected chi connectivity index (χ1v) is 4.31. The van der Waals surface area contributed by atoms with E-state index in [-0.39, 0.29) is 5.15 Å². The molecule has 0 aliphatic carbocycles. The zero-order chi connectivity index (χ0) is 10.3. The van der Waals surface area contributed by atoms with Gasteiger partial charge in [0.05, 0.1) is 12.7 Å². The Bertz CT molecular complexity index is 276. The molecule has 0 fully saturated rings. The maximum Gasteiger partial charge on any atom is 0.338 e. The topological polar surface area (TPSA) is 39.2 Å². The van der Waals surface area contributed by atoms with E-state index in [1.807, 2.05) is 13.8 Å². The average Bonchev–Trinajstić information content (AvgIpc) is 2.20. The van der Waals surface area contributed by atoms with Crippen molar-refractivity contribution < 1.29 is 9.53 Å². The summed E-state index contributed by atoms with van der Waals surface area (Å²) in [6, 6.07) is 2.99. The second kappa shape index (κ2) is 6.43. The van der Waals surface area contributed by atoms with E-state index in [2.05, 4.69) is 9.72 Å². The fourth-order valence-electron chi connectivity index (χ4n) is 0.647. The van der Waals surface area contributed by atoms with E-state index in [1.165, 1.54) is 25.4 Å². The molecule has 3 nitrogen and oxygen atoms in total. The largest absolute Gasteiger partial charge is 0.465 e. The zero-order valence-electron chi connectivity index (χ0n) is 7.87. The summed E-state index contributed by atoms with van der Waals surface area (Å²) in [5.41, 5.74) is 0.410. The molecule has 0 atom stereocenters. The summed E-state index contributed by atoms with van der Waals surface area (Å²) in [4.78, 5) is 14.6. The molecule has 0 aliphatic rings. The standard InChI is InChI=1S/C7H6ClNO2.C2H6/c1-11-7(10)5-2-3-9-6(8)4-5;1-2/h2-4H,1H3;1-2H3. The van der Waals surface area contributed by atoms with Gasteiger partial charge in [0.2, 0.25) is 0 Å². The number of hydrogen-bond acceptors (Lipinski definition) is 3. The van der Waals surface area contributed by atoms with E-state index in [9.17, 15) is 4.79 Å². The highest BCUT2D eigenvalue weighted by Crippen LogP contribution is 2.07. The summed E-state index contributed by atoms with van der Waals surface area (Å²) in [6.07, 6.45) is 1.45. The number of nitrogens with zero attached hydrogens (tertiary/aromatic N) is 1. The minimum atomic E-state index is -0.408. The second-order valence-electron chi connectivity index (χ2n) is 1.86. The number of hydrogen-bond donors (Lipinski definition) is 0. The van der Waals surface area contributed by atoms with Crippen LogP contribution < -0.4 is 0 Å². The molecule has 0 unspecified atom stereocenters. The number of carbonyl (C=O) groups is 1. The lowest BCUT2D eigenvalue weighted by Crippen LogP contribution is -2.00. The van der Waals surface area contributed by atoms with E-state index < -0.39 is 5.97 Å². The Morgan fingerprint density at radius 1 is 1.54 bits per heavy atom. The molecule has 1 aromatic rings. The molecule has 0 spiro atoms. The Morgan fingerprint density at radius 2 is 2.15 bits per heavy atom. The molecule has 0 bridgehead atoms. The highest BCUT2D eigenvalue weighted by molar-refractivity contribution is 6.29. The maximum absolute atomic E-state index is 10.9. The third-order valence-corrected chi connectivity index (χ3v) is 1.35. The number of rotatable bonds is 1. The van der Waals surface area contributed by atoms with Crippen LogP contribution in [0.15, 0.2) is 18.3 Å². The second-order valence-corrected chi connectivity index (χ2v) is 2.25. The Kier molecular flexibility index (Phi) is 5.89. The van der Waals surface area contributed by atoms with Crippen LogP contribution in [0.4, 0.5) is 0 Å². The Hall–Kier alpha value is -1.09. The summed E-state index contributed by atoms with van der Waals surface area (Å²) in [5.74, 6) is -0.408. The van der Waals surface area contributed by atoms with Gasteiger partial charge in [0.15, 0.2) is 0 Å². The molecule has 72 valence electrons. The Morgan fingerprint density at radius 3 is 2.62 bits per heavy atom. The van der Waals surface area contributed by atoms with Gasteiger partial charge < -0.3 is 4.74 Å². The molecule has 0 amide bonds. The normalized spacial score (nSPS) is 8.31. The Labute approximate surface area is 82.7 Å². The molecular weight excluding hydrogens is 190 g/mol. The third-order valence-electron chi connectivity index (χ3n) is 1.15. The molecule has 0 saturated carbocycles. The Balaban J connectivity index is 0.000000671. The maximum atomic E-state index is 10.9. The lowest BCUT2D eigenvalue weighted by atomic mass is 10.3. The van der Waals surface area contributed by atoms with Gasteiger partial charge in [-0.1, -0.05) is 25.4 Å². The van der Waals surface area contributed by atoms with Crippen LogP contribution in [-0.2, 0) is 4.74 Å². The van der Waals surface area contributed by atoms with Crippen LogP contribution in [0.1, 0.15) is 24.2 Å². The van der Waals surface area contributed by atoms with Crippen molar-refractivity contribution in [2.45, 2.75) is 13.8 Å². The zero-order valence-corrected chi connectivity index (χ0v) is 8.63. The molecule has 0 aromatic carbocycles. The summed E-state index contributed by atoms with van der Waals surface area (Å²) >= 11 is 5.53. The highest BCUT2D eigenvalue weighted by Gasteiger charge is 2.04. The number of aromatic nitrogens is 1. The SMILES string of the molecule is CC.COC(=O)c1ccnc(Cl)c1.